The van der Waals surface area contributed by atoms with E-state index in [9.17, 15) is 4.79 Å². The summed E-state index contributed by atoms with van der Waals surface area (Å²) < 4.78 is 0. The van der Waals surface area contributed by atoms with Gasteiger partial charge in [0.15, 0.2) is 0 Å². The summed E-state index contributed by atoms with van der Waals surface area (Å²) in [4.78, 5) is 12.3. The van der Waals surface area contributed by atoms with E-state index < -0.39 is 0 Å². The number of rotatable bonds is 5. The molecule has 1 aromatic carbocycles. The average molecular weight is 300 g/mol. The molecule has 0 bridgehead atoms. The van der Waals surface area contributed by atoms with Gasteiger partial charge in [-0.25, -0.2) is 0 Å². The van der Waals surface area contributed by atoms with Crippen molar-refractivity contribution >= 4 is 5.91 Å². The van der Waals surface area contributed by atoms with Gasteiger partial charge in [0.25, 0.3) is 0 Å². The van der Waals surface area contributed by atoms with Crippen LogP contribution >= 0.6 is 0 Å². The molecule has 1 heterocycles. The molecule has 3 nitrogen and oxygen atoms in total. The van der Waals surface area contributed by atoms with Crippen molar-refractivity contribution in [1.29, 1.82) is 0 Å². The zero-order chi connectivity index (χ0) is 15.4. The zero-order valence-electron chi connectivity index (χ0n) is 13.6. The third kappa shape index (κ3) is 3.70. The number of carbonyl (C=O) groups excluding carboxylic acids is 1. The van der Waals surface area contributed by atoms with E-state index >= 15 is 0 Å². The minimum absolute atomic E-state index is 0.141. The molecule has 120 valence electrons. The van der Waals surface area contributed by atoms with E-state index in [2.05, 4.69) is 41.8 Å². The van der Waals surface area contributed by atoms with Crippen molar-refractivity contribution in [3.8, 4) is 0 Å². The first kappa shape index (κ1) is 15.5. The monoisotopic (exact) mass is 300 g/mol. The SMILES string of the molecule is CC(CC1CCCC1)C(=O)NCC1NCCc2ccccc21. The van der Waals surface area contributed by atoms with Crippen molar-refractivity contribution in [3.05, 3.63) is 35.4 Å². The molecule has 1 fully saturated rings. The van der Waals surface area contributed by atoms with E-state index in [1.807, 2.05) is 0 Å². The van der Waals surface area contributed by atoms with Crippen LogP contribution in [0.5, 0.6) is 0 Å². The van der Waals surface area contributed by atoms with Crippen LogP contribution < -0.4 is 10.6 Å². The van der Waals surface area contributed by atoms with Crippen molar-refractivity contribution in [1.82, 2.24) is 10.6 Å². The van der Waals surface area contributed by atoms with E-state index in [1.54, 1.807) is 0 Å². The van der Waals surface area contributed by atoms with Gasteiger partial charge in [0, 0.05) is 18.5 Å². The van der Waals surface area contributed by atoms with Crippen LogP contribution in [0, 0.1) is 11.8 Å². The normalized spacial score (nSPS) is 23.0. The Bertz CT molecular complexity index is 508. The van der Waals surface area contributed by atoms with Crippen molar-refractivity contribution in [3.63, 3.8) is 0 Å². The Hall–Kier alpha value is -1.35. The molecular formula is C19H28N2O. The molecule has 22 heavy (non-hydrogen) atoms. The van der Waals surface area contributed by atoms with Crippen LogP contribution in [0.1, 0.15) is 56.2 Å². The van der Waals surface area contributed by atoms with Crippen LogP contribution in [-0.4, -0.2) is 19.0 Å². The van der Waals surface area contributed by atoms with Crippen LogP contribution in [-0.2, 0) is 11.2 Å². The first-order valence-corrected chi connectivity index (χ1v) is 8.83. The number of fused-ring (bicyclic) bond motifs is 1. The second kappa shape index (κ2) is 7.28. The van der Waals surface area contributed by atoms with Gasteiger partial charge in [0.05, 0.1) is 0 Å². The molecule has 1 amide bonds. The van der Waals surface area contributed by atoms with Crippen LogP contribution in [0.25, 0.3) is 0 Å². The summed E-state index contributed by atoms with van der Waals surface area (Å²) in [5.41, 5.74) is 2.76. The molecule has 1 aliphatic carbocycles. The summed E-state index contributed by atoms with van der Waals surface area (Å²) in [6.45, 7) is 3.77. The van der Waals surface area contributed by atoms with Gasteiger partial charge in [-0.2, -0.15) is 0 Å². The maximum Gasteiger partial charge on any atom is 0.222 e. The highest BCUT2D eigenvalue weighted by molar-refractivity contribution is 5.78. The lowest BCUT2D eigenvalue weighted by Gasteiger charge is -2.27. The summed E-state index contributed by atoms with van der Waals surface area (Å²) >= 11 is 0. The van der Waals surface area contributed by atoms with Gasteiger partial charge in [-0.1, -0.05) is 56.9 Å². The Kier molecular flexibility index (Phi) is 5.14. The zero-order valence-corrected chi connectivity index (χ0v) is 13.6. The van der Waals surface area contributed by atoms with Crippen molar-refractivity contribution in [2.45, 2.75) is 51.5 Å². The highest BCUT2D eigenvalue weighted by atomic mass is 16.1. The van der Waals surface area contributed by atoms with Crippen molar-refractivity contribution in [2.75, 3.05) is 13.1 Å². The first-order valence-electron chi connectivity index (χ1n) is 8.83. The molecule has 0 saturated heterocycles. The highest BCUT2D eigenvalue weighted by Gasteiger charge is 2.24. The predicted octanol–water partition coefficient (Wildman–Crippen LogP) is 3.21. The molecule has 3 rings (SSSR count). The maximum absolute atomic E-state index is 12.3. The van der Waals surface area contributed by atoms with Gasteiger partial charge in [0.2, 0.25) is 5.91 Å². The molecule has 0 spiro atoms. The van der Waals surface area contributed by atoms with E-state index in [0.717, 1.165) is 25.3 Å². The summed E-state index contributed by atoms with van der Waals surface area (Å²) in [5.74, 6) is 1.13. The number of hydrogen-bond donors (Lipinski definition) is 2. The van der Waals surface area contributed by atoms with E-state index in [1.165, 1.54) is 36.8 Å². The quantitative estimate of drug-likeness (QED) is 0.877. The smallest absolute Gasteiger partial charge is 0.222 e. The number of hydrogen-bond acceptors (Lipinski definition) is 2. The second-order valence-electron chi connectivity index (χ2n) is 6.99. The van der Waals surface area contributed by atoms with Gasteiger partial charge in [0.1, 0.15) is 0 Å². The summed E-state index contributed by atoms with van der Waals surface area (Å²) in [5, 5.41) is 6.69. The fourth-order valence-electron chi connectivity index (χ4n) is 4.00. The van der Waals surface area contributed by atoms with Crippen molar-refractivity contribution < 1.29 is 4.79 Å². The Labute approximate surface area is 133 Å². The number of carbonyl (C=O) groups is 1. The van der Waals surface area contributed by atoms with Gasteiger partial charge >= 0.3 is 0 Å². The fraction of sp³-hybridized carbons (Fsp3) is 0.632. The van der Waals surface area contributed by atoms with Gasteiger partial charge in [-0.15, -0.1) is 0 Å². The second-order valence-corrected chi connectivity index (χ2v) is 6.99. The molecular weight excluding hydrogens is 272 g/mol. The third-order valence-electron chi connectivity index (χ3n) is 5.31. The number of nitrogens with one attached hydrogen (secondary N) is 2. The Morgan fingerprint density at radius 3 is 2.91 bits per heavy atom. The minimum Gasteiger partial charge on any atom is -0.354 e. The number of amides is 1. The number of benzene rings is 1. The lowest BCUT2D eigenvalue weighted by Crippen LogP contribution is -2.40. The Balaban J connectivity index is 1.51. The molecule has 3 heteroatoms. The molecule has 2 atom stereocenters. The van der Waals surface area contributed by atoms with Crippen LogP contribution in [0.2, 0.25) is 0 Å². The molecule has 2 aliphatic rings. The first-order chi connectivity index (χ1) is 10.7. The molecule has 1 saturated carbocycles. The Morgan fingerprint density at radius 2 is 2.09 bits per heavy atom. The van der Waals surface area contributed by atoms with Crippen LogP contribution in [0.3, 0.4) is 0 Å². The summed E-state index contributed by atoms with van der Waals surface area (Å²) in [7, 11) is 0. The lowest BCUT2D eigenvalue weighted by molar-refractivity contribution is -0.125. The Morgan fingerprint density at radius 1 is 1.32 bits per heavy atom. The fourth-order valence-corrected chi connectivity index (χ4v) is 4.00. The highest BCUT2D eigenvalue weighted by Crippen LogP contribution is 2.30. The van der Waals surface area contributed by atoms with Gasteiger partial charge in [-0.05, 0) is 36.4 Å². The average Bonchev–Trinajstić information content (AvgIpc) is 3.05. The standard InChI is InChI=1S/C19H28N2O/c1-14(12-15-6-2-3-7-15)19(22)21-13-18-17-9-5-4-8-16(17)10-11-20-18/h4-5,8-9,14-15,18,20H,2-3,6-7,10-13H2,1H3,(H,21,22). The molecule has 2 unspecified atom stereocenters. The largest absolute Gasteiger partial charge is 0.354 e. The molecule has 1 aliphatic heterocycles. The van der Waals surface area contributed by atoms with Crippen molar-refractivity contribution in [2.24, 2.45) is 11.8 Å². The van der Waals surface area contributed by atoms with E-state index in [4.69, 9.17) is 0 Å². The molecule has 0 aromatic heterocycles. The molecule has 1 aromatic rings. The summed E-state index contributed by atoms with van der Waals surface area (Å²) in [6, 6.07) is 8.83. The molecule has 0 radical (unpaired) electrons. The van der Waals surface area contributed by atoms with Crippen LogP contribution in [0.4, 0.5) is 0 Å². The molecule has 2 N–H and O–H groups in total. The maximum atomic E-state index is 12.3. The minimum atomic E-state index is 0.141. The third-order valence-corrected chi connectivity index (χ3v) is 5.31. The topological polar surface area (TPSA) is 41.1 Å². The van der Waals surface area contributed by atoms with Gasteiger partial charge in [-0.3, -0.25) is 4.79 Å². The predicted molar refractivity (Wildman–Crippen MR) is 89.6 cm³/mol. The lowest BCUT2D eigenvalue weighted by atomic mass is 9.93. The van der Waals surface area contributed by atoms with E-state index in [-0.39, 0.29) is 17.9 Å². The summed E-state index contributed by atoms with van der Waals surface area (Å²) in [6.07, 6.45) is 7.47. The van der Waals surface area contributed by atoms with Gasteiger partial charge < -0.3 is 10.6 Å². The van der Waals surface area contributed by atoms with E-state index in [0.29, 0.717) is 6.54 Å². The van der Waals surface area contributed by atoms with Crippen LogP contribution in [0.15, 0.2) is 24.3 Å².